The number of rotatable bonds is 7. The van der Waals surface area contributed by atoms with Crippen LogP contribution in [0.3, 0.4) is 0 Å². The number of aryl methyl sites for hydroxylation is 1. The second-order valence-corrected chi connectivity index (χ2v) is 12.7. The van der Waals surface area contributed by atoms with Gasteiger partial charge in [-0.05, 0) is 115 Å². The molecule has 0 saturated heterocycles. The minimum Gasteiger partial charge on any atom is -0.431 e. The molecule has 7 aromatic carbocycles. The van der Waals surface area contributed by atoms with Gasteiger partial charge >= 0.3 is 5.63 Å². The van der Waals surface area contributed by atoms with Gasteiger partial charge in [0, 0.05) is 50.6 Å². The highest BCUT2D eigenvalue weighted by molar-refractivity contribution is 6.12. The molecule has 0 fully saturated rings. The first-order chi connectivity index (χ1) is 25.1. The zero-order chi connectivity index (χ0) is 34.3. The van der Waals surface area contributed by atoms with Crippen molar-refractivity contribution in [2.45, 2.75) is 6.92 Å². The summed E-state index contributed by atoms with van der Waals surface area (Å²) in [5.41, 5.74) is 9.93. The standard InChI is InChI=1S/C46H33N3O2/c1-32-31-51-46(50)43-30-39(22-25-40(32)43)49-44-26-23-37(47(33-14-6-2-7-15-33)34-16-8-3-9-17-34)28-41(44)42-29-38(24-27-45(42)49)48(35-18-10-4-11-19-35)36-20-12-5-13-21-36/h2-31H,1H3. The number of fused-ring (bicyclic) bond motifs is 4. The topological polar surface area (TPSA) is 41.6 Å². The van der Waals surface area contributed by atoms with Gasteiger partial charge in [0.25, 0.3) is 0 Å². The second kappa shape index (κ2) is 12.6. The second-order valence-electron chi connectivity index (χ2n) is 12.7. The van der Waals surface area contributed by atoms with Crippen LogP contribution in [0.15, 0.2) is 191 Å². The molecule has 0 spiro atoms. The Balaban J connectivity index is 1.33. The van der Waals surface area contributed by atoms with Gasteiger partial charge in [0.2, 0.25) is 0 Å². The summed E-state index contributed by atoms with van der Waals surface area (Å²) >= 11 is 0. The third kappa shape index (κ3) is 5.32. The van der Waals surface area contributed by atoms with Gasteiger partial charge in [0.05, 0.1) is 22.7 Å². The van der Waals surface area contributed by atoms with E-state index in [0.29, 0.717) is 5.39 Å². The lowest BCUT2D eigenvalue weighted by molar-refractivity contribution is 0.516. The summed E-state index contributed by atoms with van der Waals surface area (Å²) < 4.78 is 7.65. The van der Waals surface area contributed by atoms with Gasteiger partial charge < -0.3 is 18.8 Å². The van der Waals surface area contributed by atoms with E-state index < -0.39 is 0 Å². The highest BCUT2D eigenvalue weighted by Crippen LogP contribution is 2.42. The van der Waals surface area contributed by atoms with Gasteiger partial charge in [-0.3, -0.25) is 0 Å². The van der Waals surface area contributed by atoms with Crippen molar-refractivity contribution in [3.63, 3.8) is 0 Å². The van der Waals surface area contributed by atoms with E-state index in [1.54, 1.807) is 0 Å². The summed E-state index contributed by atoms with van der Waals surface area (Å²) in [7, 11) is 0. The van der Waals surface area contributed by atoms with Crippen molar-refractivity contribution >= 4 is 66.7 Å². The SMILES string of the molecule is Cc1coc(=O)c2cc(-n3c4ccc(N(c5ccccc5)c5ccccc5)cc4c4cc(N(c5ccccc5)c5ccccc5)ccc43)ccc12. The molecule has 0 aliphatic heterocycles. The van der Waals surface area contributed by atoms with Crippen LogP contribution in [-0.2, 0) is 0 Å². The summed E-state index contributed by atoms with van der Waals surface area (Å²) in [5, 5.41) is 3.65. The normalized spacial score (nSPS) is 11.3. The van der Waals surface area contributed by atoms with E-state index in [1.165, 1.54) is 6.26 Å². The van der Waals surface area contributed by atoms with E-state index in [0.717, 1.165) is 72.6 Å². The molecule has 0 saturated carbocycles. The number of nitrogens with zero attached hydrogens (tertiary/aromatic N) is 3. The van der Waals surface area contributed by atoms with Gasteiger partial charge in [-0.25, -0.2) is 4.79 Å². The van der Waals surface area contributed by atoms with Crippen LogP contribution < -0.4 is 15.4 Å². The highest BCUT2D eigenvalue weighted by Gasteiger charge is 2.20. The number of hydrogen-bond acceptors (Lipinski definition) is 4. The molecule has 0 aliphatic rings. The highest BCUT2D eigenvalue weighted by atomic mass is 16.4. The van der Waals surface area contributed by atoms with Crippen LogP contribution in [0.2, 0.25) is 0 Å². The smallest absolute Gasteiger partial charge is 0.343 e. The number of hydrogen-bond donors (Lipinski definition) is 0. The maximum atomic E-state index is 13.0. The maximum Gasteiger partial charge on any atom is 0.343 e. The summed E-state index contributed by atoms with van der Waals surface area (Å²) in [6, 6.07) is 61.2. The molecule has 0 radical (unpaired) electrons. The Kier molecular flexibility index (Phi) is 7.44. The predicted octanol–water partition coefficient (Wildman–Crippen LogP) is 12.1. The Morgan fingerprint density at radius 2 is 0.863 bits per heavy atom. The first kappa shape index (κ1) is 30.2. The van der Waals surface area contributed by atoms with E-state index in [4.69, 9.17) is 4.42 Å². The van der Waals surface area contributed by atoms with Gasteiger partial charge in [0.15, 0.2) is 0 Å². The average molecular weight is 660 g/mol. The first-order valence-electron chi connectivity index (χ1n) is 17.1. The molecule has 0 bridgehead atoms. The maximum absolute atomic E-state index is 13.0. The van der Waals surface area contributed by atoms with E-state index in [2.05, 4.69) is 154 Å². The van der Waals surface area contributed by atoms with Crippen molar-refractivity contribution in [2.75, 3.05) is 9.80 Å². The molecule has 9 rings (SSSR count). The van der Waals surface area contributed by atoms with Gasteiger partial charge in [-0.1, -0.05) is 78.9 Å². The molecule has 5 heteroatoms. The van der Waals surface area contributed by atoms with Crippen LogP contribution in [0.25, 0.3) is 38.3 Å². The summed E-state index contributed by atoms with van der Waals surface area (Å²) in [6.45, 7) is 1.96. The van der Waals surface area contributed by atoms with Crippen molar-refractivity contribution < 1.29 is 4.42 Å². The predicted molar refractivity (Wildman–Crippen MR) is 211 cm³/mol. The van der Waals surface area contributed by atoms with Crippen molar-refractivity contribution in [3.8, 4) is 5.69 Å². The number of anilines is 6. The molecule has 2 aromatic heterocycles. The molecule has 244 valence electrons. The van der Waals surface area contributed by atoms with E-state index in [-0.39, 0.29) is 5.63 Å². The fraction of sp³-hybridized carbons (Fsp3) is 0.0217. The molecular formula is C46H33N3O2. The van der Waals surface area contributed by atoms with Crippen LogP contribution in [0.4, 0.5) is 34.1 Å². The fourth-order valence-electron chi connectivity index (χ4n) is 7.21. The zero-order valence-corrected chi connectivity index (χ0v) is 28.0. The number of aromatic nitrogens is 1. The van der Waals surface area contributed by atoms with Crippen LogP contribution in [0.1, 0.15) is 5.56 Å². The quantitative estimate of drug-likeness (QED) is 0.171. The molecule has 0 aliphatic carbocycles. The molecule has 0 amide bonds. The van der Waals surface area contributed by atoms with Crippen molar-refractivity contribution in [1.82, 2.24) is 4.57 Å². The zero-order valence-electron chi connectivity index (χ0n) is 28.0. The Hall–Kier alpha value is -6.85. The molecule has 0 unspecified atom stereocenters. The van der Waals surface area contributed by atoms with Gasteiger partial charge in [-0.15, -0.1) is 0 Å². The van der Waals surface area contributed by atoms with Crippen LogP contribution in [-0.4, -0.2) is 4.57 Å². The Labute approximate surface area is 295 Å². The van der Waals surface area contributed by atoms with Gasteiger partial charge in [0.1, 0.15) is 0 Å². The lowest BCUT2D eigenvalue weighted by Crippen LogP contribution is -2.09. The Morgan fingerprint density at radius 1 is 0.431 bits per heavy atom. The molecule has 0 N–H and O–H groups in total. The van der Waals surface area contributed by atoms with Crippen molar-refractivity contribution in [2.24, 2.45) is 0 Å². The van der Waals surface area contributed by atoms with Gasteiger partial charge in [-0.2, -0.15) is 0 Å². The van der Waals surface area contributed by atoms with Crippen LogP contribution >= 0.6 is 0 Å². The number of para-hydroxylation sites is 4. The average Bonchev–Trinajstić information content (AvgIpc) is 3.51. The summed E-state index contributed by atoms with van der Waals surface area (Å²) in [6.07, 6.45) is 1.53. The first-order valence-corrected chi connectivity index (χ1v) is 17.1. The molecular weight excluding hydrogens is 627 g/mol. The summed E-state index contributed by atoms with van der Waals surface area (Å²) in [4.78, 5) is 17.5. The monoisotopic (exact) mass is 659 g/mol. The van der Waals surface area contributed by atoms with E-state index >= 15 is 0 Å². The lowest BCUT2D eigenvalue weighted by atomic mass is 10.1. The van der Waals surface area contributed by atoms with E-state index in [9.17, 15) is 4.79 Å². The molecule has 2 heterocycles. The molecule has 0 atom stereocenters. The van der Waals surface area contributed by atoms with Crippen LogP contribution in [0, 0.1) is 6.92 Å². The third-order valence-corrected chi connectivity index (χ3v) is 9.56. The minimum atomic E-state index is -0.342. The largest absolute Gasteiger partial charge is 0.431 e. The van der Waals surface area contributed by atoms with E-state index in [1.807, 2.05) is 43.3 Å². The lowest BCUT2D eigenvalue weighted by Gasteiger charge is -2.26. The van der Waals surface area contributed by atoms with Crippen LogP contribution in [0.5, 0.6) is 0 Å². The molecule has 5 nitrogen and oxygen atoms in total. The third-order valence-electron chi connectivity index (χ3n) is 9.56. The van der Waals surface area contributed by atoms with Crippen molar-refractivity contribution in [3.05, 3.63) is 198 Å². The summed E-state index contributed by atoms with van der Waals surface area (Å²) in [5.74, 6) is 0. The Bertz CT molecular complexity index is 2500. The number of benzene rings is 7. The molecule has 51 heavy (non-hydrogen) atoms. The van der Waals surface area contributed by atoms with Crippen molar-refractivity contribution in [1.29, 1.82) is 0 Å². The fourth-order valence-corrected chi connectivity index (χ4v) is 7.21. The molecule has 9 aromatic rings. The Morgan fingerprint density at radius 3 is 1.29 bits per heavy atom. The minimum absolute atomic E-state index is 0.342.